The highest BCUT2D eigenvalue weighted by Crippen LogP contribution is 2.32. The van der Waals surface area contributed by atoms with Crippen LogP contribution in [-0.4, -0.2) is 33.9 Å². The second-order valence-corrected chi connectivity index (χ2v) is 8.62. The molecular weight excluding hydrogens is 424 g/mol. The number of nitrogens with zero attached hydrogens (tertiary/aromatic N) is 3. The predicted octanol–water partition coefficient (Wildman–Crippen LogP) is 3.19. The zero-order chi connectivity index (χ0) is 22.7. The van der Waals surface area contributed by atoms with Gasteiger partial charge in [0.25, 0.3) is 11.8 Å². The lowest BCUT2D eigenvalue weighted by atomic mass is 9.87. The number of thiazole rings is 1. The van der Waals surface area contributed by atoms with E-state index in [1.165, 1.54) is 16.9 Å². The van der Waals surface area contributed by atoms with E-state index in [9.17, 15) is 14.4 Å². The SMILES string of the molecule is CCC1(c2ccccc2)NC(=O)N(CC(=O)N=c2sccn2Cc2ccc(C)cc2)C1=O. The largest absolute Gasteiger partial charge is 0.325 e. The number of hydrogen-bond acceptors (Lipinski definition) is 4. The Morgan fingerprint density at radius 1 is 1.09 bits per heavy atom. The third-order valence-corrected chi connectivity index (χ3v) is 6.41. The molecule has 1 aliphatic heterocycles. The molecule has 1 atom stereocenters. The summed E-state index contributed by atoms with van der Waals surface area (Å²) in [6.07, 6.45) is 2.24. The van der Waals surface area contributed by atoms with Crippen molar-refractivity contribution in [2.24, 2.45) is 4.99 Å². The highest BCUT2D eigenvalue weighted by atomic mass is 32.1. The van der Waals surface area contributed by atoms with E-state index in [2.05, 4.69) is 10.3 Å². The molecule has 32 heavy (non-hydrogen) atoms. The summed E-state index contributed by atoms with van der Waals surface area (Å²) in [6, 6.07) is 16.7. The molecule has 0 bridgehead atoms. The Morgan fingerprint density at radius 3 is 2.50 bits per heavy atom. The van der Waals surface area contributed by atoms with E-state index in [1.54, 1.807) is 12.1 Å². The van der Waals surface area contributed by atoms with Crippen LogP contribution in [0.4, 0.5) is 4.79 Å². The number of hydrogen-bond donors (Lipinski definition) is 1. The summed E-state index contributed by atoms with van der Waals surface area (Å²) in [5.74, 6) is -0.980. The minimum Gasteiger partial charge on any atom is -0.319 e. The summed E-state index contributed by atoms with van der Waals surface area (Å²) in [6.45, 7) is 4.04. The minimum atomic E-state index is -1.16. The van der Waals surface area contributed by atoms with E-state index in [0.29, 0.717) is 23.3 Å². The van der Waals surface area contributed by atoms with Crippen LogP contribution in [0.3, 0.4) is 0 Å². The quantitative estimate of drug-likeness (QED) is 0.588. The molecule has 1 fully saturated rings. The Kier molecular flexibility index (Phi) is 6.05. The molecule has 1 aromatic heterocycles. The van der Waals surface area contributed by atoms with Crippen LogP contribution in [0.1, 0.15) is 30.0 Å². The Bertz CT molecular complexity index is 1210. The number of carbonyl (C=O) groups is 3. The molecule has 7 nitrogen and oxygen atoms in total. The van der Waals surface area contributed by atoms with E-state index in [0.717, 1.165) is 10.5 Å². The van der Waals surface area contributed by atoms with E-state index < -0.39 is 29.9 Å². The maximum Gasteiger partial charge on any atom is 0.325 e. The first kappa shape index (κ1) is 21.7. The van der Waals surface area contributed by atoms with Crippen LogP contribution in [0.25, 0.3) is 0 Å². The van der Waals surface area contributed by atoms with Gasteiger partial charge in [0.15, 0.2) is 4.80 Å². The van der Waals surface area contributed by atoms with Gasteiger partial charge in [-0.05, 0) is 24.5 Å². The van der Waals surface area contributed by atoms with E-state index in [4.69, 9.17) is 0 Å². The zero-order valence-electron chi connectivity index (χ0n) is 17.9. The molecule has 4 rings (SSSR count). The summed E-state index contributed by atoms with van der Waals surface area (Å²) >= 11 is 1.33. The van der Waals surface area contributed by atoms with Crippen molar-refractivity contribution >= 4 is 29.2 Å². The molecule has 1 aliphatic rings. The van der Waals surface area contributed by atoms with Crippen molar-refractivity contribution in [3.8, 4) is 0 Å². The minimum absolute atomic E-state index is 0.380. The summed E-state index contributed by atoms with van der Waals surface area (Å²) in [5.41, 5.74) is 1.80. The highest BCUT2D eigenvalue weighted by molar-refractivity contribution is 7.07. The molecule has 8 heteroatoms. The van der Waals surface area contributed by atoms with Crippen LogP contribution in [0.15, 0.2) is 71.2 Å². The number of amides is 4. The maximum absolute atomic E-state index is 13.2. The van der Waals surface area contributed by atoms with Crippen molar-refractivity contribution in [2.45, 2.75) is 32.4 Å². The molecule has 0 saturated carbocycles. The van der Waals surface area contributed by atoms with Gasteiger partial charge in [0.1, 0.15) is 12.1 Å². The molecule has 1 N–H and O–H groups in total. The fourth-order valence-electron chi connectivity index (χ4n) is 3.81. The summed E-state index contributed by atoms with van der Waals surface area (Å²) in [5, 5.41) is 4.64. The normalized spacial score (nSPS) is 18.8. The van der Waals surface area contributed by atoms with Crippen LogP contribution < -0.4 is 10.1 Å². The molecule has 164 valence electrons. The van der Waals surface area contributed by atoms with Gasteiger partial charge < -0.3 is 9.88 Å². The molecule has 0 aliphatic carbocycles. The summed E-state index contributed by atoms with van der Waals surface area (Å²) in [7, 11) is 0. The van der Waals surface area contributed by atoms with Gasteiger partial charge in [-0.3, -0.25) is 14.5 Å². The van der Waals surface area contributed by atoms with Crippen LogP contribution in [0.5, 0.6) is 0 Å². The first-order valence-electron chi connectivity index (χ1n) is 10.4. The van der Waals surface area contributed by atoms with Gasteiger partial charge in [-0.2, -0.15) is 4.99 Å². The molecule has 1 saturated heterocycles. The molecule has 3 aromatic rings. The van der Waals surface area contributed by atoms with Crippen LogP contribution in [-0.2, 0) is 21.7 Å². The maximum atomic E-state index is 13.2. The molecule has 0 spiro atoms. The van der Waals surface area contributed by atoms with Gasteiger partial charge in [0.2, 0.25) is 0 Å². The predicted molar refractivity (Wildman–Crippen MR) is 122 cm³/mol. The Balaban J connectivity index is 1.53. The van der Waals surface area contributed by atoms with Crippen molar-refractivity contribution < 1.29 is 14.4 Å². The fraction of sp³-hybridized carbons (Fsp3) is 0.250. The molecular formula is C24H24N4O3S. The second-order valence-electron chi connectivity index (χ2n) is 7.75. The summed E-state index contributed by atoms with van der Waals surface area (Å²) < 4.78 is 1.87. The second kappa shape index (κ2) is 8.92. The van der Waals surface area contributed by atoms with E-state index in [-0.39, 0.29) is 0 Å². The van der Waals surface area contributed by atoms with Crippen molar-refractivity contribution in [1.29, 1.82) is 0 Å². The Morgan fingerprint density at radius 2 is 1.81 bits per heavy atom. The third kappa shape index (κ3) is 4.13. The number of urea groups is 1. The first-order valence-corrected chi connectivity index (χ1v) is 11.3. The van der Waals surface area contributed by atoms with Gasteiger partial charge in [0.05, 0.1) is 0 Å². The number of carbonyl (C=O) groups excluding carboxylic acids is 3. The van der Waals surface area contributed by atoms with Crippen LogP contribution in [0, 0.1) is 6.92 Å². The molecule has 2 heterocycles. The molecule has 0 radical (unpaired) electrons. The number of rotatable bonds is 6. The molecule has 2 aromatic carbocycles. The lowest BCUT2D eigenvalue weighted by Crippen LogP contribution is -2.43. The topological polar surface area (TPSA) is 83.8 Å². The van der Waals surface area contributed by atoms with E-state index >= 15 is 0 Å². The number of imide groups is 1. The number of aryl methyl sites for hydroxylation is 1. The fourth-order valence-corrected chi connectivity index (χ4v) is 4.55. The monoisotopic (exact) mass is 448 g/mol. The average molecular weight is 449 g/mol. The van der Waals surface area contributed by atoms with Crippen LogP contribution >= 0.6 is 11.3 Å². The van der Waals surface area contributed by atoms with Crippen molar-refractivity contribution in [3.05, 3.63) is 87.7 Å². The molecule has 4 amide bonds. The summed E-state index contributed by atoms with van der Waals surface area (Å²) in [4.78, 5) is 44.1. The van der Waals surface area contributed by atoms with Crippen molar-refractivity contribution in [1.82, 2.24) is 14.8 Å². The first-order chi connectivity index (χ1) is 15.4. The third-order valence-electron chi connectivity index (χ3n) is 5.62. The standard InChI is InChI=1S/C24H24N4O3S/c1-3-24(19-7-5-4-6-8-19)21(30)28(22(31)26-24)16-20(29)25-23-27(13-14-32-23)15-18-11-9-17(2)10-12-18/h4-14H,3,15-16H2,1-2H3,(H,26,31). The highest BCUT2D eigenvalue weighted by Gasteiger charge is 2.51. The smallest absolute Gasteiger partial charge is 0.319 e. The van der Waals surface area contributed by atoms with Gasteiger partial charge in [0, 0.05) is 18.1 Å². The van der Waals surface area contributed by atoms with Crippen molar-refractivity contribution in [3.63, 3.8) is 0 Å². The lowest BCUT2D eigenvalue weighted by Gasteiger charge is -2.25. The average Bonchev–Trinajstić information content (AvgIpc) is 3.33. The van der Waals surface area contributed by atoms with Gasteiger partial charge in [-0.1, -0.05) is 67.1 Å². The number of nitrogens with one attached hydrogen (secondary N) is 1. The van der Waals surface area contributed by atoms with Gasteiger partial charge in [-0.25, -0.2) is 4.79 Å². The van der Waals surface area contributed by atoms with Gasteiger partial charge in [-0.15, -0.1) is 11.3 Å². The number of aromatic nitrogens is 1. The number of benzene rings is 2. The van der Waals surface area contributed by atoms with Gasteiger partial charge >= 0.3 is 6.03 Å². The Hall–Kier alpha value is -3.52. The van der Waals surface area contributed by atoms with Crippen LogP contribution in [0.2, 0.25) is 0 Å². The van der Waals surface area contributed by atoms with Crippen molar-refractivity contribution in [2.75, 3.05) is 6.54 Å². The van der Waals surface area contributed by atoms with E-state index in [1.807, 2.05) is 72.5 Å². The molecule has 1 unspecified atom stereocenters. The zero-order valence-corrected chi connectivity index (χ0v) is 18.8. The Labute approximate surface area is 190 Å². The lowest BCUT2D eigenvalue weighted by molar-refractivity contribution is -0.134.